The molecule has 3 nitrogen and oxygen atoms in total. The summed E-state index contributed by atoms with van der Waals surface area (Å²) < 4.78 is 5.17. The molecule has 0 saturated heterocycles. The first kappa shape index (κ1) is 12.9. The summed E-state index contributed by atoms with van der Waals surface area (Å²) in [7, 11) is 1.62. The van der Waals surface area contributed by atoms with Gasteiger partial charge in [0.15, 0.2) is 0 Å². The molecule has 0 aliphatic heterocycles. The topological polar surface area (TPSA) is 29.5 Å². The van der Waals surface area contributed by atoms with E-state index in [0.29, 0.717) is 0 Å². The third kappa shape index (κ3) is 3.25. The molecule has 0 atom stereocenters. The van der Waals surface area contributed by atoms with Crippen LogP contribution in [0, 0.1) is 5.92 Å². The second-order valence-electron chi connectivity index (χ2n) is 4.93. The molecule has 1 aliphatic rings. The Balaban J connectivity index is 2.09. The molecule has 0 spiro atoms. The fraction of sp³-hybridized carbons (Fsp3) is 0.533. The van der Waals surface area contributed by atoms with E-state index in [1.54, 1.807) is 7.11 Å². The summed E-state index contributed by atoms with van der Waals surface area (Å²) in [6, 6.07) is 7.41. The SMILES string of the molecule is CCCN(CC1CC1)C(=O)c1cccc(OC)c1. The van der Waals surface area contributed by atoms with E-state index in [0.717, 1.165) is 36.7 Å². The first-order chi connectivity index (χ1) is 8.74. The van der Waals surface area contributed by atoms with Crippen LogP contribution in [-0.2, 0) is 0 Å². The van der Waals surface area contributed by atoms with Crippen molar-refractivity contribution < 1.29 is 9.53 Å². The van der Waals surface area contributed by atoms with Crippen molar-refractivity contribution in [1.82, 2.24) is 4.90 Å². The molecule has 3 heteroatoms. The van der Waals surface area contributed by atoms with Crippen molar-refractivity contribution in [2.24, 2.45) is 5.92 Å². The Morgan fingerprint density at radius 2 is 2.22 bits per heavy atom. The number of methoxy groups -OCH3 is 1. The molecule has 0 radical (unpaired) electrons. The number of rotatable bonds is 6. The molecule has 1 fully saturated rings. The van der Waals surface area contributed by atoms with Crippen LogP contribution < -0.4 is 4.74 Å². The maximum absolute atomic E-state index is 12.4. The van der Waals surface area contributed by atoms with Crippen molar-refractivity contribution >= 4 is 5.91 Å². The lowest BCUT2D eigenvalue weighted by Crippen LogP contribution is -2.33. The Morgan fingerprint density at radius 3 is 2.83 bits per heavy atom. The van der Waals surface area contributed by atoms with Crippen molar-refractivity contribution in [3.63, 3.8) is 0 Å². The quantitative estimate of drug-likeness (QED) is 0.773. The predicted molar refractivity (Wildman–Crippen MR) is 71.9 cm³/mol. The van der Waals surface area contributed by atoms with Crippen LogP contribution in [0.15, 0.2) is 24.3 Å². The van der Waals surface area contributed by atoms with Crippen molar-refractivity contribution in [1.29, 1.82) is 0 Å². The third-order valence-electron chi connectivity index (χ3n) is 3.27. The van der Waals surface area contributed by atoms with Crippen LogP contribution in [0.2, 0.25) is 0 Å². The van der Waals surface area contributed by atoms with Gasteiger partial charge in [0.1, 0.15) is 5.75 Å². The molecule has 1 aliphatic carbocycles. The van der Waals surface area contributed by atoms with Crippen LogP contribution in [-0.4, -0.2) is 31.0 Å². The molecular weight excluding hydrogens is 226 g/mol. The Morgan fingerprint density at radius 1 is 1.44 bits per heavy atom. The zero-order valence-electron chi connectivity index (χ0n) is 11.2. The average molecular weight is 247 g/mol. The number of benzene rings is 1. The Kier molecular flexibility index (Phi) is 4.24. The highest BCUT2D eigenvalue weighted by Gasteiger charge is 2.26. The Bertz CT molecular complexity index is 413. The third-order valence-corrected chi connectivity index (χ3v) is 3.27. The van der Waals surface area contributed by atoms with Gasteiger partial charge in [-0.25, -0.2) is 0 Å². The number of ether oxygens (including phenoxy) is 1. The summed E-state index contributed by atoms with van der Waals surface area (Å²) in [4.78, 5) is 14.4. The van der Waals surface area contributed by atoms with E-state index in [4.69, 9.17) is 4.74 Å². The maximum Gasteiger partial charge on any atom is 0.253 e. The lowest BCUT2D eigenvalue weighted by atomic mass is 10.1. The molecule has 2 rings (SSSR count). The fourth-order valence-electron chi connectivity index (χ4n) is 2.10. The minimum atomic E-state index is 0.127. The second-order valence-corrected chi connectivity index (χ2v) is 4.93. The van der Waals surface area contributed by atoms with Gasteiger partial charge in [-0.15, -0.1) is 0 Å². The van der Waals surface area contributed by atoms with E-state index >= 15 is 0 Å². The number of carbonyl (C=O) groups excluding carboxylic acids is 1. The summed E-state index contributed by atoms with van der Waals surface area (Å²) in [5, 5.41) is 0. The summed E-state index contributed by atoms with van der Waals surface area (Å²) in [6.45, 7) is 3.86. The molecule has 0 heterocycles. The molecule has 0 N–H and O–H groups in total. The first-order valence-corrected chi connectivity index (χ1v) is 6.68. The van der Waals surface area contributed by atoms with Gasteiger partial charge >= 0.3 is 0 Å². The van der Waals surface area contributed by atoms with Crippen LogP contribution in [0.25, 0.3) is 0 Å². The normalized spacial score (nSPS) is 14.3. The van der Waals surface area contributed by atoms with Gasteiger partial charge in [0.25, 0.3) is 5.91 Å². The Labute approximate surface area is 109 Å². The molecule has 1 aromatic carbocycles. The molecule has 0 unspecified atom stereocenters. The van der Waals surface area contributed by atoms with Gasteiger partial charge < -0.3 is 9.64 Å². The number of hydrogen-bond donors (Lipinski definition) is 0. The number of amides is 1. The van der Waals surface area contributed by atoms with Gasteiger partial charge in [-0.3, -0.25) is 4.79 Å². The van der Waals surface area contributed by atoms with Crippen LogP contribution in [0.5, 0.6) is 5.75 Å². The minimum Gasteiger partial charge on any atom is -0.497 e. The monoisotopic (exact) mass is 247 g/mol. The van der Waals surface area contributed by atoms with Crippen molar-refractivity contribution in [2.75, 3.05) is 20.2 Å². The van der Waals surface area contributed by atoms with Crippen LogP contribution in [0.3, 0.4) is 0 Å². The summed E-state index contributed by atoms with van der Waals surface area (Å²) >= 11 is 0. The van der Waals surface area contributed by atoms with Gasteiger partial charge in [0.05, 0.1) is 7.11 Å². The average Bonchev–Trinajstić information content (AvgIpc) is 3.21. The zero-order chi connectivity index (χ0) is 13.0. The molecule has 18 heavy (non-hydrogen) atoms. The zero-order valence-corrected chi connectivity index (χ0v) is 11.2. The van der Waals surface area contributed by atoms with E-state index < -0.39 is 0 Å². The van der Waals surface area contributed by atoms with Gasteiger partial charge in [-0.05, 0) is 43.4 Å². The summed E-state index contributed by atoms with van der Waals surface area (Å²) in [5.41, 5.74) is 0.725. The van der Waals surface area contributed by atoms with E-state index in [-0.39, 0.29) is 5.91 Å². The van der Waals surface area contributed by atoms with Crippen LogP contribution in [0.1, 0.15) is 36.5 Å². The summed E-state index contributed by atoms with van der Waals surface area (Å²) in [6.07, 6.45) is 3.54. The predicted octanol–water partition coefficient (Wildman–Crippen LogP) is 2.96. The highest BCUT2D eigenvalue weighted by Crippen LogP contribution is 2.30. The molecule has 1 aromatic rings. The molecule has 0 bridgehead atoms. The highest BCUT2D eigenvalue weighted by molar-refractivity contribution is 5.94. The number of nitrogens with zero attached hydrogens (tertiary/aromatic N) is 1. The van der Waals surface area contributed by atoms with Gasteiger partial charge in [-0.2, -0.15) is 0 Å². The van der Waals surface area contributed by atoms with Crippen molar-refractivity contribution in [2.45, 2.75) is 26.2 Å². The van der Waals surface area contributed by atoms with E-state index in [2.05, 4.69) is 6.92 Å². The standard InChI is InChI=1S/C15H21NO2/c1-3-9-16(11-12-7-8-12)15(17)13-5-4-6-14(10-13)18-2/h4-6,10,12H,3,7-9,11H2,1-2H3. The van der Waals surface area contributed by atoms with E-state index in [1.807, 2.05) is 29.2 Å². The van der Waals surface area contributed by atoms with Crippen molar-refractivity contribution in [3.05, 3.63) is 29.8 Å². The first-order valence-electron chi connectivity index (χ1n) is 6.68. The Hall–Kier alpha value is -1.51. The lowest BCUT2D eigenvalue weighted by molar-refractivity contribution is 0.0747. The van der Waals surface area contributed by atoms with Gasteiger partial charge in [0.2, 0.25) is 0 Å². The molecule has 98 valence electrons. The minimum absolute atomic E-state index is 0.127. The highest BCUT2D eigenvalue weighted by atomic mass is 16.5. The largest absolute Gasteiger partial charge is 0.497 e. The maximum atomic E-state index is 12.4. The second kappa shape index (κ2) is 5.89. The lowest BCUT2D eigenvalue weighted by Gasteiger charge is -2.22. The van der Waals surface area contributed by atoms with E-state index in [9.17, 15) is 4.79 Å². The fourth-order valence-corrected chi connectivity index (χ4v) is 2.10. The van der Waals surface area contributed by atoms with Gasteiger partial charge in [0, 0.05) is 18.7 Å². The summed E-state index contributed by atoms with van der Waals surface area (Å²) in [5.74, 6) is 1.59. The smallest absolute Gasteiger partial charge is 0.253 e. The number of hydrogen-bond acceptors (Lipinski definition) is 2. The molecule has 1 saturated carbocycles. The van der Waals surface area contributed by atoms with Crippen LogP contribution in [0.4, 0.5) is 0 Å². The van der Waals surface area contributed by atoms with Gasteiger partial charge in [-0.1, -0.05) is 13.0 Å². The molecular formula is C15H21NO2. The molecule has 0 aromatic heterocycles. The molecule has 1 amide bonds. The number of carbonyl (C=O) groups is 1. The van der Waals surface area contributed by atoms with Crippen LogP contribution >= 0.6 is 0 Å². The van der Waals surface area contributed by atoms with E-state index in [1.165, 1.54) is 12.8 Å². The van der Waals surface area contributed by atoms with Crippen molar-refractivity contribution in [3.8, 4) is 5.75 Å².